The normalized spacial score (nSPS) is 13.2. The van der Waals surface area contributed by atoms with Gasteiger partial charge in [-0.15, -0.1) is 0 Å². The van der Waals surface area contributed by atoms with Crippen molar-refractivity contribution in [1.29, 1.82) is 0 Å². The number of esters is 3. The van der Waals surface area contributed by atoms with Crippen LogP contribution in [0.15, 0.2) is 158 Å². The fourth-order valence-corrected chi connectivity index (χ4v) is 8.28. The lowest BCUT2D eigenvalue weighted by molar-refractivity contribution is -0.167. The highest BCUT2D eigenvalue weighted by atomic mass is 16.6. The first-order chi connectivity index (χ1) is 39.0. The van der Waals surface area contributed by atoms with Gasteiger partial charge in [-0.3, -0.25) is 14.4 Å². The van der Waals surface area contributed by atoms with Gasteiger partial charge in [0.2, 0.25) is 0 Å². The lowest BCUT2D eigenvalue weighted by atomic mass is 10.1. The first-order valence-electron chi connectivity index (χ1n) is 32.0. The molecule has 6 heteroatoms. The molecule has 0 aromatic heterocycles. The molecule has 6 nitrogen and oxygen atoms in total. The molecule has 444 valence electrons. The molecule has 0 saturated heterocycles. The number of hydrogen-bond acceptors (Lipinski definition) is 6. The van der Waals surface area contributed by atoms with Gasteiger partial charge in [-0.25, -0.2) is 0 Å². The van der Waals surface area contributed by atoms with Crippen molar-refractivity contribution in [2.45, 2.75) is 271 Å². The van der Waals surface area contributed by atoms with E-state index in [4.69, 9.17) is 14.2 Å². The van der Waals surface area contributed by atoms with Crippen molar-refractivity contribution in [3.05, 3.63) is 158 Å². The Morgan fingerprint density at radius 2 is 0.506 bits per heavy atom. The summed E-state index contributed by atoms with van der Waals surface area (Å²) in [6.07, 6.45) is 95.4. The zero-order chi connectivity index (χ0) is 57.1. The third-order valence-electron chi connectivity index (χ3n) is 13.0. The van der Waals surface area contributed by atoms with E-state index in [2.05, 4.69) is 179 Å². The molecule has 0 bridgehead atoms. The van der Waals surface area contributed by atoms with E-state index in [1.165, 1.54) is 89.9 Å². The van der Waals surface area contributed by atoms with Crippen LogP contribution in [0, 0.1) is 0 Å². The Hall–Kier alpha value is -4.97. The minimum Gasteiger partial charge on any atom is -0.462 e. The van der Waals surface area contributed by atoms with Gasteiger partial charge in [0.05, 0.1) is 0 Å². The van der Waals surface area contributed by atoms with E-state index in [0.29, 0.717) is 19.3 Å². The number of carbonyl (C=O) groups is 3. The maximum Gasteiger partial charge on any atom is 0.306 e. The summed E-state index contributed by atoms with van der Waals surface area (Å²) in [6, 6.07) is 0. The van der Waals surface area contributed by atoms with E-state index in [0.717, 1.165) is 122 Å². The molecule has 0 aromatic carbocycles. The summed E-state index contributed by atoms with van der Waals surface area (Å²) in [6.45, 7) is 6.32. The largest absolute Gasteiger partial charge is 0.462 e. The van der Waals surface area contributed by atoms with Crippen LogP contribution in [0.4, 0.5) is 0 Å². The molecule has 79 heavy (non-hydrogen) atoms. The fraction of sp³-hybridized carbons (Fsp3) is 0.603. The molecule has 0 radical (unpaired) electrons. The van der Waals surface area contributed by atoms with Gasteiger partial charge in [0.1, 0.15) is 13.2 Å². The monoisotopic (exact) mass is 1090 g/mol. The van der Waals surface area contributed by atoms with Gasteiger partial charge in [0, 0.05) is 19.3 Å². The highest BCUT2D eigenvalue weighted by molar-refractivity contribution is 5.71. The van der Waals surface area contributed by atoms with Crippen LogP contribution in [0.2, 0.25) is 0 Å². The number of unbranched alkanes of at least 4 members (excludes halogenated alkanes) is 19. The predicted molar refractivity (Wildman–Crippen MR) is 343 cm³/mol. The Morgan fingerprint density at radius 1 is 0.266 bits per heavy atom. The van der Waals surface area contributed by atoms with E-state index < -0.39 is 6.10 Å². The quantitative estimate of drug-likeness (QED) is 0.0261. The molecule has 0 aliphatic rings. The van der Waals surface area contributed by atoms with Crippen molar-refractivity contribution < 1.29 is 28.6 Å². The summed E-state index contributed by atoms with van der Waals surface area (Å²) in [4.78, 5) is 38.3. The average Bonchev–Trinajstić information content (AvgIpc) is 3.45. The highest BCUT2D eigenvalue weighted by Crippen LogP contribution is 2.14. The van der Waals surface area contributed by atoms with Gasteiger partial charge >= 0.3 is 17.9 Å². The van der Waals surface area contributed by atoms with E-state index >= 15 is 0 Å². The molecule has 1 unspecified atom stereocenters. The van der Waals surface area contributed by atoms with Gasteiger partial charge in [-0.1, -0.05) is 262 Å². The summed E-state index contributed by atoms with van der Waals surface area (Å²) in [5, 5.41) is 0. The van der Waals surface area contributed by atoms with Gasteiger partial charge < -0.3 is 14.2 Å². The molecule has 0 aromatic rings. The third kappa shape index (κ3) is 63.7. The summed E-state index contributed by atoms with van der Waals surface area (Å²) in [5.74, 6) is -1.02. The standard InChI is InChI=1S/C73H116O6/c1-4-7-10-13-16-19-22-25-28-31-33-34-35-36-37-38-40-42-45-48-51-54-57-60-63-66-72(75)78-69-70(68-77-71(74)65-62-59-56-53-50-47-44-41-30-27-24-21-18-15-12-9-6-3)79-73(76)67-64-61-58-55-52-49-46-43-39-32-29-26-23-20-17-14-11-8-5-2/h8-9,11-12,17-18,20-22,25-27,29-31,33,35-36,39,43-44,47,49,52-53,56,70H,4-7,10,13-16,19,23-24,28,32,34,37-38,40-42,45-46,48,50-51,54-55,57-69H2,1-3H3/b11-8-,12-9-,20-17-,21-18-,25-22-,29-26-,30-27-,33-31-,36-35-,43-39-,47-44-,52-49-,56-53-. The number of ether oxygens (including phenoxy) is 3. The second kappa shape index (κ2) is 65.5. The average molecular weight is 1090 g/mol. The molecule has 0 aliphatic carbocycles. The zero-order valence-electron chi connectivity index (χ0n) is 50.8. The van der Waals surface area contributed by atoms with Crippen LogP contribution in [-0.4, -0.2) is 37.2 Å². The number of carbonyl (C=O) groups excluding carboxylic acids is 3. The molecule has 0 spiro atoms. The van der Waals surface area contributed by atoms with E-state index in [-0.39, 0.29) is 44.0 Å². The fourth-order valence-electron chi connectivity index (χ4n) is 8.28. The first kappa shape index (κ1) is 74.0. The van der Waals surface area contributed by atoms with Gasteiger partial charge in [0.15, 0.2) is 6.10 Å². The van der Waals surface area contributed by atoms with Crippen molar-refractivity contribution in [3.63, 3.8) is 0 Å². The van der Waals surface area contributed by atoms with Crippen LogP contribution in [0.3, 0.4) is 0 Å². The molecule has 0 heterocycles. The predicted octanol–water partition coefficient (Wildman–Crippen LogP) is 22.1. The van der Waals surface area contributed by atoms with Gasteiger partial charge in [-0.05, 0) is 141 Å². The Morgan fingerprint density at radius 3 is 0.835 bits per heavy atom. The van der Waals surface area contributed by atoms with Crippen molar-refractivity contribution in [2.24, 2.45) is 0 Å². The molecular weight excluding hydrogens is 973 g/mol. The molecular formula is C73H116O6. The van der Waals surface area contributed by atoms with Crippen molar-refractivity contribution >= 4 is 17.9 Å². The lowest BCUT2D eigenvalue weighted by Crippen LogP contribution is -2.30. The molecule has 0 fully saturated rings. The number of allylic oxidation sites excluding steroid dienone is 26. The second-order valence-corrected chi connectivity index (χ2v) is 20.5. The van der Waals surface area contributed by atoms with Crippen LogP contribution < -0.4 is 0 Å². The maximum atomic E-state index is 12.9. The van der Waals surface area contributed by atoms with E-state index in [9.17, 15) is 14.4 Å². The summed E-state index contributed by atoms with van der Waals surface area (Å²) in [7, 11) is 0. The van der Waals surface area contributed by atoms with Crippen LogP contribution in [0.25, 0.3) is 0 Å². The van der Waals surface area contributed by atoms with Crippen molar-refractivity contribution in [3.8, 4) is 0 Å². The summed E-state index contributed by atoms with van der Waals surface area (Å²) in [5.41, 5.74) is 0. The Bertz CT molecular complexity index is 1780. The Kier molecular flexibility index (Phi) is 61.4. The van der Waals surface area contributed by atoms with Gasteiger partial charge in [-0.2, -0.15) is 0 Å². The smallest absolute Gasteiger partial charge is 0.306 e. The van der Waals surface area contributed by atoms with Crippen LogP contribution >= 0.6 is 0 Å². The molecule has 0 saturated carbocycles. The Balaban J connectivity index is 4.51. The molecule has 0 rings (SSSR count). The SMILES string of the molecule is CC/C=C\C/C=C\C/C=C\C/C=C\C/C=C\CCCCCC(=O)OC(COC(=O)CCC/C=C\C/C=C\C/C=C\C/C=C\C/C=C\CC)COC(=O)CCCCCCCCCCCC/C=C\C/C=C\C/C=C\CCCCCCC. The molecule has 1 atom stereocenters. The third-order valence-corrected chi connectivity index (χ3v) is 13.0. The second-order valence-electron chi connectivity index (χ2n) is 20.5. The minimum atomic E-state index is -0.830. The molecule has 0 N–H and O–H groups in total. The van der Waals surface area contributed by atoms with Crippen LogP contribution in [0.5, 0.6) is 0 Å². The molecule has 0 amide bonds. The molecule has 0 aliphatic heterocycles. The summed E-state index contributed by atoms with van der Waals surface area (Å²) >= 11 is 0. The van der Waals surface area contributed by atoms with E-state index in [1.54, 1.807) is 0 Å². The Labute approximate surface area is 486 Å². The summed E-state index contributed by atoms with van der Waals surface area (Å²) < 4.78 is 16.8. The van der Waals surface area contributed by atoms with Crippen LogP contribution in [0.1, 0.15) is 265 Å². The highest BCUT2D eigenvalue weighted by Gasteiger charge is 2.19. The minimum absolute atomic E-state index is 0.118. The van der Waals surface area contributed by atoms with Crippen molar-refractivity contribution in [2.75, 3.05) is 13.2 Å². The number of hydrogen-bond donors (Lipinski definition) is 0. The lowest BCUT2D eigenvalue weighted by Gasteiger charge is -2.18. The number of rotatable bonds is 56. The van der Waals surface area contributed by atoms with Crippen LogP contribution in [-0.2, 0) is 28.6 Å². The first-order valence-corrected chi connectivity index (χ1v) is 32.0. The topological polar surface area (TPSA) is 78.9 Å². The maximum absolute atomic E-state index is 12.9. The zero-order valence-corrected chi connectivity index (χ0v) is 50.8. The van der Waals surface area contributed by atoms with E-state index in [1.807, 2.05) is 0 Å². The van der Waals surface area contributed by atoms with Gasteiger partial charge in [0.25, 0.3) is 0 Å². The van der Waals surface area contributed by atoms with Crippen molar-refractivity contribution in [1.82, 2.24) is 0 Å².